The van der Waals surface area contributed by atoms with Crippen molar-refractivity contribution < 1.29 is 0 Å². The van der Waals surface area contributed by atoms with Gasteiger partial charge in [-0.1, -0.05) is 6.92 Å². The van der Waals surface area contributed by atoms with Crippen LogP contribution in [0.25, 0.3) is 11.4 Å². The summed E-state index contributed by atoms with van der Waals surface area (Å²) in [5.74, 6) is 1.40. The molecule has 0 saturated carbocycles. The van der Waals surface area contributed by atoms with Crippen molar-refractivity contribution in [2.75, 3.05) is 5.73 Å². The van der Waals surface area contributed by atoms with Crippen LogP contribution in [0.15, 0.2) is 18.5 Å². The van der Waals surface area contributed by atoms with E-state index in [4.69, 9.17) is 10.7 Å². The van der Waals surface area contributed by atoms with Gasteiger partial charge in [-0.05, 0) is 43.7 Å². The van der Waals surface area contributed by atoms with Gasteiger partial charge in [0.25, 0.3) is 0 Å². The molecule has 0 spiro atoms. The van der Waals surface area contributed by atoms with E-state index < -0.39 is 0 Å². The summed E-state index contributed by atoms with van der Waals surface area (Å²) in [6.07, 6.45) is 9.00. The smallest absolute Gasteiger partial charge is 0.162 e. The number of pyridine rings is 1. The van der Waals surface area contributed by atoms with Gasteiger partial charge in [-0.3, -0.25) is 4.98 Å². The highest BCUT2D eigenvalue weighted by atomic mass is 15.0. The van der Waals surface area contributed by atoms with Crippen LogP contribution in [-0.2, 0) is 19.3 Å². The second-order valence-electron chi connectivity index (χ2n) is 4.95. The van der Waals surface area contributed by atoms with Gasteiger partial charge in [0, 0.05) is 29.2 Å². The predicted octanol–water partition coefficient (Wildman–Crippen LogP) is 2.56. The van der Waals surface area contributed by atoms with E-state index in [1.54, 1.807) is 6.20 Å². The van der Waals surface area contributed by atoms with Crippen LogP contribution in [0.2, 0.25) is 0 Å². The molecule has 4 heteroatoms. The highest BCUT2D eigenvalue weighted by molar-refractivity contribution is 5.62. The molecule has 4 nitrogen and oxygen atoms in total. The number of anilines is 1. The first-order chi connectivity index (χ1) is 9.29. The Morgan fingerprint density at radius 1 is 1.21 bits per heavy atom. The maximum absolute atomic E-state index is 6.10. The predicted molar refractivity (Wildman–Crippen MR) is 75.7 cm³/mol. The van der Waals surface area contributed by atoms with E-state index in [2.05, 4.69) is 16.9 Å². The number of rotatable bonds is 2. The average Bonchev–Trinajstić information content (AvgIpc) is 2.47. The molecule has 0 amide bonds. The summed E-state index contributed by atoms with van der Waals surface area (Å²) in [5, 5.41) is 0. The molecule has 0 aliphatic heterocycles. The van der Waals surface area contributed by atoms with Crippen molar-refractivity contribution in [1.29, 1.82) is 0 Å². The maximum atomic E-state index is 6.10. The third-order valence-corrected chi connectivity index (χ3v) is 3.74. The van der Waals surface area contributed by atoms with Gasteiger partial charge in [0.05, 0.1) is 0 Å². The molecule has 0 fully saturated rings. The third kappa shape index (κ3) is 2.18. The molecule has 98 valence electrons. The molecule has 2 N–H and O–H groups in total. The monoisotopic (exact) mass is 254 g/mol. The molecule has 2 aromatic rings. The summed E-state index contributed by atoms with van der Waals surface area (Å²) in [5.41, 5.74) is 10.6. The number of aryl methyl sites for hydroxylation is 2. The van der Waals surface area contributed by atoms with Crippen LogP contribution >= 0.6 is 0 Å². The molecule has 1 aliphatic rings. The molecule has 0 radical (unpaired) electrons. The molecule has 0 atom stereocenters. The van der Waals surface area contributed by atoms with Gasteiger partial charge >= 0.3 is 0 Å². The van der Waals surface area contributed by atoms with E-state index in [9.17, 15) is 0 Å². The zero-order chi connectivity index (χ0) is 13.2. The summed E-state index contributed by atoms with van der Waals surface area (Å²) >= 11 is 0. The topological polar surface area (TPSA) is 64.7 Å². The lowest BCUT2D eigenvalue weighted by molar-refractivity contribution is 0.666. The lowest BCUT2D eigenvalue weighted by atomic mass is 9.96. The Balaban J connectivity index is 2.13. The fraction of sp³-hybridized carbons (Fsp3) is 0.400. The second-order valence-corrected chi connectivity index (χ2v) is 4.95. The molecule has 19 heavy (non-hydrogen) atoms. The number of aromatic nitrogens is 3. The molecule has 3 rings (SSSR count). The Hall–Kier alpha value is -1.97. The van der Waals surface area contributed by atoms with E-state index in [0.717, 1.165) is 47.5 Å². The fourth-order valence-electron chi connectivity index (χ4n) is 2.67. The maximum Gasteiger partial charge on any atom is 0.162 e. The van der Waals surface area contributed by atoms with Crippen molar-refractivity contribution >= 4 is 5.82 Å². The minimum atomic E-state index is 0.651. The summed E-state index contributed by atoms with van der Waals surface area (Å²) in [6.45, 7) is 2.11. The number of hydrogen-bond donors (Lipinski definition) is 1. The van der Waals surface area contributed by atoms with E-state index in [1.807, 2.05) is 12.3 Å². The van der Waals surface area contributed by atoms with Gasteiger partial charge < -0.3 is 5.73 Å². The number of fused-ring (bicyclic) bond motifs is 1. The van der Waals surface area contributed by atoms with Crippen molar-refractivity contribution in [3.63, 3.8) is 0 Å². The lowest BCUT2D eigenvalue weighted by Gasteiger charge is -2.17. The first-order valence-electron chi connectivity index (χ1n) is 6.88. The molecule has 0 unspecified atom stereocenters. The number of nitrogens with zero attached hydrogens (tertiary/aromatic N) is 3. The van der Waals surface area contributed by atoms with Crippen LogP contribution in [0.1, 0.15) is 36.6 Å². The quantitative estimate of drug-likeness (QED) is 0.894. The molecule has 0 saturated heterocycles. The summed E-state index contributed by atoms with van der Waals surface area (Å²) in [7, 11) is 0. The number of nitrogens with two attached hydrogens (primary N) is 1. The van der Waals surface area contributed by atoms with Crippen LogP contribution in [0.5, 0.6) is 0 Å². The van der Waals surface area contributed by atoms with E-state index in [0.29, 0.717) is 5.82 Å². The number of hydrogen-bond acceptors (Lipinski definition) is 4. The van der Waals surface area contributed by atoms with Gasteiger partial charge in [-0.15, -0.1) is 0 Å². The standard InChI is InChI=1S/C15H18N4/c1-2-10-9-17-8-7-11(10)15-18-13-6-4-3-5-12(13)14(16)19-15/h7-9H,2-6H2,1H3,(H2,16,18,19). The van der Waals surface area contributed by atoms with Gasteiger partial charge in [0.15, 0.2) is 5.82 Å². The molecular formula is C15H18N4. The summed E-state index contributed by atoms with van der Waals surface area (Å²) < 4.78 is 0. The first-order valence-corrected chi connectivity index (χ1v) is 6.88. The zero-order valence-corrected chi connectivity index (χ0v) is 11.2. The molecule has 0 bridgehead atoms. The van der Waals surface area contributed by atoms with Crippen molar-refractivity contribution in [3.8, 4) is 11.4 Å². The van der Waals surface area contributed by atoms with Gasteiger partial charge in [-0.25, -0.2) is 9.97 Å². The Bertz CT molecular complexity index is 607. The Morgan fingerprint density at radius 2 is 2.05 bits per heavy atom. The van der Waals surface area contributed by atoms with Gasteiger partial charge in [0.1, 0.15) is 5.82 Å². The van der Waals surface area contributed by atoms with E-state index in [1.165, 1.54) is 12.8 Å². The number of nitrogen functional groups attached to an aromatic ring is 1. The Morgan fingerprint density at radius 3 is 2.89 bits per heavy atom. The minimum absolute atomic E-state index is 0.651. The van der Waals surface area contributed by atoms with Crippen LogP contribution < -0.4 is 5.73 Å². The highest BCUT2D eigenvalue weighted by Crippen LogP contribution is 2.28. The van der Waals surface area contributed by atoms with Crippen molar-refractivity contribution in [1.82, 2.24) is 15.0 Å². The van der Waals surface area contributed by atoms with E-state index in [-0.39, 0.29) is 0 Å². The molecule has 0 aromatic carbocycles. The summed E-state index contributed by atoms with van der Waals surface area (Å²) in [4.78, 5) is 13.4. The van der Waals surface area contributed by atoms with Crippen molar-refractivity contribution in [3.05, 3.63) is 35.3 Å². The van der Waals surface area contributed by atoms with Gasteiger partial charge in [-0.2, -0.15) is 0 Å². The SMILES string of the molecule is CCc1cnccc1-c1nc(N)c2c(n1)CCCC2. The van der Waals surface area contributed by atoms with Gasteiger partial charge in [0.2, 0.25) is 0 Å². The Kier molecular flexibility index (Phi) is 3.15. The normalized spacial score (nSPS) is 14.2. The summed E-state index contributed by atoms with van der Waals surface area (Å²) in [6, 6.07) is 1.98. The third-order valence-electron chi connectivity index (χ3n) is 3.74. The first kappa shape index (κ1) is 12.1. The minimum Gasteiger partial charge on any atom is -0.383 e. The fourth-order valence-corrected chi connectivity index (χ4v) is 2.67. The second kappa shape index (κ2) is 4.96. The van der Waals surface area contributed by atoms with Crippen molar-refractivity contribution in [2.24, 2.45) is 0 Å². The van der Waals surface area contributed by atoms with Crippen molar-refractivity contribution in [2.45, 2.75) is 39.0 Å². The molecular weight excluding hydrogens is 236 g/mol. The van der Waals surface area contributed by atoms with Crippen LogP contribution in [0, 0.1) is 0 Å². The molecule has 1 aliphatic carbocycles. The lowest BCUT2D eigenvalue weighted by Crippen LogP contribution is -2.12. The average molecular weight is 254 g/mol. The molecule has 2 heterocycles. The van der Waals surface area contributed by atoms with Crippen LogP contribution in [-0.4, -0.2) is 15.0 Å². The highest BCUT2D eigenvalue weighted by Gasteiger charge is 2.17. The Labute approximate surface area is 113 Å². The largest absolute Gasteiger partial charge is 0.383 e. The molecule has 2 aromatic heterocycles. The van der Waals surface area contributed by atoms with E-state index >= 15 is 0 Å². The van der Waals surface area contributed by atoms with Crippen LogP contribution in [0.3, 0.4) is 0 Å². The van der Waals surface area contributed by atoms with Crippen LogP contribution in [0.4, 0.5) is 5.82 Å². The zero-order valence-electron chi connectivity index (χ0n) is 11.2.